The normalized spacial score (nSPS) is 9.79. The van der Waals surface area contributed by atoms with E-state index in [0.29, 0.717) is 0 Å². The molecule has 0 aliphatic carbocycles. The molecule has 76 valence electrons. The molecule has 2 heteroatoms. The Morgan fingerprint density at radius 2 is 1.79 bits per heavy atom. The summed E-state index contributed by atoms with van der Waals surface area (Å²) in [6, 6.07) is 2.02. The highest BCUT2D eigenvalue weighted by Gasteiger charge is 2.05. The van der Waals surface area contributed by atoms with Gasteiger partial charge in [-0.25, -0.2) is 0 Å². The molecule has 2 heterocycles. The van der Waals surface area contributed by atoms with Crippen LogP contribution in [0.2, 0.25) is 0 Å². The Labute approximate surface area is 85.4 Å². The number of hydrogen-bond donors (Lipinski definition) is 1. The summed E-state index contributed by atoms with van der Waals surface area (Å²) in [5, 5.41) is 1.27. The first-order chi connectivity index (χ1) is 6.70. The van der Waals surface area contributed by atoms with E-state index in [2.05, 4.69) is 23.8 Å². The standard InChI is InChI=1S/C10H12N2.C2H6/c1-6-7(2)12-9-4-5-11-8(3)10(6)9;1-2/h4-5,12H,1-3H3;1-2H3. The molecule has 2 nitrogen and oxygen atoms in total. The lowest BCUT2D eigenvalue weighted by Crippen LogP contribution is -1.81. The molecule has 0 radical (unpaired) electrons. The van der Waals surface area contributed by atoms with Crippen molar-refractivity contribution in [2.75, 3.05) is 0 Å². The lowest BCUT2D eigenvalue weighted by molar-refractivity contribution is 1.23. The number of aryl methyl sites for hydroxylation is 3. The quantitative estimate of drug-likeness (QED) is 0.676. The van der Waals surface area contributed by atoms with Gasteiger partial charge in [0.25, 0.3) is 0 Å². The monoisotopic (exact) mass is 190 g/mol. The molecule has 2 aromatic heterocycles. The summed E-state index contributed by atoms with van der Waals surface area (Å²) in [6.45, 7) is 10.3. The van der Waals surface area contributed by atoms with Crippen LogP contribution < -0.4 is 0 Å². The van der Waals surface area contributed by atoms with Crippen LogP contribution in [0.4, 0.5) is 0 Å². The zero-order chi connectivity index (χ0) is 10.7. The molecule has 2 rings (SSSR count). The summed E-state index contributed by atoms with van der Waals surface area (Å²) >= 11 is 0. The van der Waals surface area contributed by atoms with Crippen LogP contribution in [-0.2, 0) is 0 Å². The highest BCUT2D eigenvalue weighted by Crippen LogP contribution is 2.22. The summed E-state index contributed by atoms with van der Waals surface area (Å²) in [5.74, 6) is 0. The SMILES string of the molecule is CC.Cc1[nH]c2ccnc(C)c2c1C. The lowest BCUT2D eigenvalue weighted by Gasteiger charge is -1.94. The number of nitrogens with zero attached hydrogens (tertiary/aromatic N) is 1. The van der Waals surface area contributed by atoms with E-state index < -0.39 is 0 Å². The fourth-order valence-corrected chi connectivity index (χ4v) is 1.63. The molecule has 14 heavy (non-hydrogen) atoms. The van der Waals surface area contributed by atoms with Crippen LogP contribution in [0, 0.1) is 20.8 Å². The summed E-state index contributed by atoms with van der Waals surface area (Å²) in [5.41, 5.74) is 4.85. The molecule has 0 bridgehead atoms. The van der Waals surface area contributed by atoms with Gasteiger partial charge in [-0.1, -0.05) is 13.8 Å². The highest BCUT2D eigenvalue weighted by molar-refractivity contribution is 5.86. The van der Waals surface area contributed by atoms with Crippen LogP contribution in [0.25, 0.3) is 10.9 Å². The van der Waals surface area contributed by atoms with E-state index in [1.54, 1.807) is 0 Å². The minimum Gasteiger partial charge on any atom is -0.358 e. The van der Waals surface area contributed by atoms with Gasteiger partial charge in [-0.2, -0.15) is 0 Å². The average molecular weight is 190 g/mol. The zero-order valence-corrected chi connectivity index (χ0v) is 9.60. The van der Waals surface area contributed by atoms with E-state index in [4.69, 9.17) is 0 Å². The molecule has 0 aliphatic rings. The number of H-pyrrole nitrogens is 1. The molecule has 1 N–H and O–H groups in total. The van der Waals surface area contributed by atoms with Gasteiger partial charge in [-0.15, -0.1) is 0 Å². The van der Waals surface area contributed by atoms with Crippen molar-refractivity contribution in [3.05, 3.63) is 29.2 Å². The molecule has 0 unspecified atom stereocenters. The summed E-state index contributed by atoms with van der Waals surface area (Å²) in [4.78, 5) is 7.59. The fraction of sp³-hybridized carbons (Fsp3) is 0.417. The predicted octanol–water partition coefficient (Wildman–Crippen LogP) is 3.51. The minimum absolute atomic E-state index is 1.11. The van der Waals surface area contributed by atoms with Crippen molar-refractivity contribution >= 4 is 10.9 Å². The molecule has 0 saturated heterocycles. The van der Waals surface area contributed by atoms with Crippen LogP contribution >= 0.6 is 0 Å². The maximum atomic E-state index is 4.26. The Morgan fingerprint density at radius 3 is 2.36 bits per heavy atom. The lowest BCUT2D eigenvalue weighted by atomic mass is 10.1. The van der Waals surface area contributed by atoms with Gasteiger partial charge in [0.1, 0.15) is 0 Å². The number of fused-ring (bicyclic) bond motifs is 1. The van der Waals surface area contributed by atoms with Gasteiger partial charge < -0.3 is 4.98 Å². The molecule has 0 saturated carbocycles. The molecule has 0 spiro atoms. The Kier molecular flexibility index (Phi) is 3.28. The molecule has 0 aromatic carbocycles. The van der Waals surface area contributed by atoms with Crippen molar-refractivity contribution < 1.29 is 0 Å². The Balaban J connectivity index is 0.000000461. The van der Waals surface area contributed by atoms with Gasteiger partial charge in [0.05, 0.1) is 0 Å². The topological polar surface area (TPSA) is 28.7 Å². The van der Waals surface area contributed by atoms with E-state index in [1.807, 2.05) is 33.0 Å². The third kappa shape index (κ3) is 1.65. The molecule has 0 atom stereocenters. The number of nitrogens with one attached hydrogen (secondary N) is 1. The Hall–Kier alpha value is -1.31. The first-order valence-electron chi connectivity index (χ1n) is 5.10. The number of aromatic nitrogens is 2. The number of pyridine rings is 1. The Bertz CT molecular complexity index is 427. The molecule has 2 aromatic rings. The second kappa shape index (κ2) is 4.27. The van der Waals surface area contributed by atoms with Crippen LogP contribution in [0.3, 0.4) is 0 Å². The van der Waals surface area contributed by atoms with E-state index in [9.17, 15) is 0 Å². The maximum absolute atomic E-state index is 4.26. The van der Waals surface area contributed by atoms with Crippen molar-refractivity contribution in [1.82, 2.24) is 9.97 Å². The number of hydrogen-bond acceptors (Lipinski definition) is 1. The van der Waals surface area contributed by atoms with Crippen molar-refractivity contribution in [2.45, 2.75) is 34.6 Å². The average Bonchev–Trinajstić information content (AvgIpc) is 2.47. The van der Waals surface area contributed by atoms with E-state index >= 15 is 0 Å². The van der Waals surface area contributed by atoms with Crippen LogP contribution in [0.15, 0.2) is 12.3 Å². The first-order valence-corrected chi connectivity index (χ1v) is 5.10. The predicted molar refractivity (Wildman–Crippen MR) is 61.7 cm³/mol. The second-order valence-corrected chi connectivity index (χ2v) is 3.19. The number of rotatable bonds is 0. The smallest absolute Gasteiger partial charge is 0.0492 e. The molecule has 0 amide bonds. The number of aromatic amines is 1. The van der Waals surface area contributed by atoms with Crippen LogP contribution in [0.5, 0.6) is 0 Å². The second-order valence-electron chi connectivity index (χ2n) is 3.19. The van der Waals surface area contributed by atoms with Gasteiger partial charge in [0, 0.05) is 28.5 Å². The van der Waals surface area contributed by atoms with Gasteiger partial charge in [0.15, 0.2) is 0 Å². The third-order valence-corrected chi connectivity index (χ3v) is 2.40. The van der Waals surface area contributed by atoms with Gasteiger partial charge in [-0.05, 0) is 32.4 Å². The van der Waals surface area contributed by atoms with Crippen molar-refractivity contribution in [3.8, 4) is 0 Å². The molecular formula is C12H18N2. The van der Waals surface area contributed by atoms with E-state index in [0.717, 1.165) is 5.69 Å². The van der Waals surface area contributed by atoms with Crippen LogP contribution in [-0.4, -0.2) is 9.97 Å². The summed E-state index contributed by atoms with van der Waals surface area (Å²) in [7, 11) is 0. The summed E-state index contributed by atoms with van der Waals surface area (Å²) < 4.78 is 0. The van der Waals surface area contributed by atoms with E-state index in [1.165, 1.54) is 22.2 Å². The zero-order valence-electron chi connectivity index (χ0n) is 9.60. The third-order valence-electron chi connectivity index (χ3n) is 2.40. The van der Waals surface area contributed by atoms with Gasteiger partial charge >= 0.3 is 0 Å². The molecular weight excluding hydrogens is 172 g/mol. The Morgan fingerprint density at radius 1 is 1.14 bits per heavy atom. The maximum Gasteiger partial charge on any atom is 0.0492 e. The highest BCUT2D eigenvalue weighted by atomic mass is 14.7. The van der Waals surface area contributed by atoms with Crippen molar-refractivity contribution in [3.63, 3.8) is 0 Å². The fourth-order valence-electron chi connectivity index (χ4n) is 1.63. The molecule has 0 aliphatic heterocycles. The van der Waals surface area contributed by atoms with Gasteiger partial charge in [-0.3, -0.25) is 4.98 Å². The minimum atomic E-state index is 1.11. The van der Waals surface area contributed by atoms with E-state index in [-0.39, 0.29) is 0 Å². The van der Waals surface area contributed by atoms with Crippen molar-refractivity contribution in [1.29, 1.82) is 0 Å². The molecule has 0 fully saturated rings. The van der Waals surface area contributed by atoms with Gasteiger partial charge in [0.2, 0.25) is 0 Å². The summed E-state index contributed by atoms with van der Waals surface area (Å²) in [6.07, 6.45) is 1.84. The first kappa shape index (κ1) is 10.8. The largest absolute Gasteiger partial charge is 0.358 e. The van der Waals surface area contributed by atoms with Crippen LogP contribution in [0.1, 0.15) is 30.8 Å². The van der Waals surface area contributed by atoms with Crippen molar-refractivity contribution in [2.24, 2.45) is 0 Å².